The molecule has 0 aliphatic carbocycles. The number of hydrazone groups is 1. The molecule has 2 amide bonds. The largest absolute Gasteiger partial charge is 0.508 e. The Balaban J connectivity index is 2.22. The lowest BCUT2D eigenvalue weighted by molar-refractivity contribution is -0.114. The Hall–Kier alpha value is -3.55. The number of nitrogens with one attached hydrogen (secondary N) is 2. The van der Waals surface area contributed by atoms with Gasteiger partial charge < -0.3 is 14.6 Å². The lowest BCUT2D eigenvalue weighted by Gasteiger charge is -2.18. The zero-order valence-corrected chi connectivity index (χ0v) is 19.2. The number of alkyl carbamates (subject to hydrolysis) is 1. The third kappa shape index (κ3) is 6.97. The molecular formula is C21H19Cl2FN4O5. The molecule has 0 unspecified atom stereocenters. The van der Waals surface area contributed by atoms with E-state index < -0.39 is 23.4 Å². The Morgan fingerprint density at radius 1 is 1.24 bits per heavy atom. The number of carbonyl (C=O) groups excluding carboxylic acids is 2. The van der Waals surface area contributed by atoms with E-state index in [0.717, 1.165) is 0 Å². The summed E-state index contributed by atoms with van der Waals surface area (Å²) < 4.78 is 24.5. The van der Waals surface area contributed by atoms with E-state index >= 15 is 0 Å². The Morgan fingerprint density at radius 2 is 1.88 bits per heavy atom. The molecule has 12 heteroatoms. The highest BCUT2D eigenvalue weighted by Gasteiger charge is 2.24. The average Bonchev–Trinajstić information content (AvgIpc) is 2.71. The smallest absolute Gasteiger partial charge is 0.414 e. The number of nitriles is 1. The summed E-state index contributed by atoms with van der Waals surface area (Å²) in [7, 11) is 0. The second-order valence-electron chi connectivity index (χ2n) is 6.88. The number of rotatable bonds is 7. The number of imide groups is 1. The van der Waals surface area contributed by atoms with E-state index in [4.69, 9.17) is 33.2 Å². The van der Waals surface area contributed by atoms with Gasteiger partial charge >= 0.3 is 6.09 Å². The van der Waals surface area contributed by atoms with Crippen LogP contribution in [0, 0.1) is 11.3 Å². The number of carbonyl (C=O) groups is 2. The van der Waals surface area contributed by atoms with Gasteiger partial charge in [-0.3, -0.25) is 15.5 Å². The predicted octanol–water partition coefficient (Wildman–Crippen LogP) is 5.26. The Morgan fingerprint density at radius 3 is 2.42 bits per heavy atom. The number of phenolic OH excluding ortho intramolecular Hbond substituents is 1. The van der Waals surface area contributed by atoms with Crippen molar-refractivity contribution >= 4 is 46.6 Å². The first kappa shape index (κ1) is 25.7. The minimum absolute atomic E-state index is 0.0185. The number of ether oxygens (including phenoxy) is 2. The van der Waals surface area contributed by atoms with Gasteiger partial charge in [-0.25, -0.2) is 9.18 Å². The number of anilines is 1. The summed E-state index contributed by atoms with van der Waals surface area (Å²) in [5.74, 6) is -1.08. The topological polar surface area (TPSA) is 133 Å². The number of amides is 2. The minimum atomic E-state index is -1.82. The number of alkyl halides is 1. The summed E-state index contributed by atoms with van der Waals surface area (Å²) in [5.41, 5.74) is 0.184. The van der Waals surface area contributed by atoms with Crippen LogP contribution in [0.4, 0.5) is 14.9 Å². The maximum absolute atomic E-state index is 14.3. The first-order chi connectivity index (χ1) is 15.5. The third-order valence-corrected chi connectivity index (χ3v) is 4.50. The van der Waals surface area contributed by atoms with Gasteiger partial charge in [0, 0.05) is 5.56 Å². The number of benzene rings is 2. The van der Waals surface area contributed by atoms with Crippen molar-refractivity contribution in [3.8, 4) is 23.3 Å². The SMILES string of the molecule is CCOC(=O)NC(=O)C(C#N)=NNc1cc(Cl)c(Oc2ccc(O)c(C(C)(C)F)c2)c(Cl)c1. The second-order valence-corrected chi connectivity index (χ2v) is 7.70. The molecule has 174 valence electrons. The van der Waals surface area contributed by atoms with Crippen LogP contribution in [0.2, 0.25) is 10.0 Å². The molecule has 0 heterocycles. The molecule has 3 N–H and O–H groups in total. The fourth-order valence-electron chi connectivity index (χ4n) is 2.46. The van der Waals surface area contributed by atoms with Crippen LogP contribution in [0.25, 0.3) is 0 Å². The summed E-state index contributed by atoms with van der Waals surface area (Å²) in [6.45, 7) is 4.16. The predicted molar refractivity (Wildman–Crippen MR) is 121 cm³/mol. The summed E-state index contributed by atoms with van der Waals surface area (Å²) in [5, 5.41) is 24.5. The molecule has 2 aromatic carbocycles. The highest BCUT2D eigenvalue weighted by molar-refractivity contribution is 6.47. The zero-order chi connectivity index (χ0) is 24.8. The molecule has 0 saturated carbocycles. The maximum Gasteiger partial charge on any atom is 0.414 e. The molecule has 0 aliphatic heterocycles. The number of halogens is 3. The van der Waals surface area contributed by atoms with Gasteiger partial charge in [-0.2, -0.15) is 10.4 Å². The molecule has 9 nitrogen and oxygen atoms in total. The molecule has 0 aliphatic rings. The monoisotopic (exact) mass is 496 g/mol. The molecule has 0 radical (unpaired) electrons. The lowest BCUT2D eigenvalue weighted by atomic mass is 9.99. The fourth-order valence-corrected chi connectivity index (χ4v) is 3.02. The van der Waals surface area contributed by atoms with Crippen molar-refractivity contribution in [1.29, 1.82) is 5.26 Å². The van der Waals surface area contributed by atoms with Crippen LogP contribution in [-0.4, -0.2) is 29.4 Å². The number of hydrogen-bond donors (Lipinski definition) is 3. The summed E-state index contributed by atoms with van der Waals surface area (Å²) >= 11 is 12.5. The Bertz CT molecular complexity index is 1120. The second kappa shape index (κ2) is 10.8. The van der Waals surface area contributed by atoms with Crippen LogP contribution in [0.1, 0.15) is 26.3 Å². The summed E-state index contributed by atoms with van der Waals surface area (Å²) in [6.07, 6.45) is -1.02. The van der Waals surface area contributed by atoms with Gasteiger partial charge in [0.15, 0.2) is 5.75 Å². The van der Waals surface area contributed by atoms with E-state index in [1.54, 1.807) is 13.0 Å². The van der Waals surface area contributed by atoms with Crippen LogP contribution in [0.5, 0.6) is 17.2 Å². The fraction of sp³-hybridized carbons (Fsp3) is 0.238. The molecule has 2 aromatic rings. The van der Waals surface area contributed by atoms with E-state index in [0.29, 0.717) is 0 Å². The van der Waals surface area contributed by atoms with Gasteiger partial charge in [0.1, 0.15) is 23.2 Å². The van der Waals surface area contributed by atoms with Gasteiger partial charge in [0.05, 0.1) is 22.3 Å². The van der Waals surface area contributed by atoms with E-state index in [1.165, 1.54) is 44.2 Å². The van der Waals surface area contributed by atoms with Crippen molar-refractivity contribution in [2.75, 3.05) is 12.0 Å². The van der Waals surface area contributed by atoms with Gasteiger partial charge in [0.25, 0.3) is 5.91 Å². The van der Waals surface area contributed by atoms with Crippen LogP contribution in [0.3, 0.4) is 0 Å². The molecule has 2 rings (SSSR count). The quantitative estimate of drug-likeness (QED) is 0.351. The van der Waals surface area contributed by atoms with Crippen molar-refractivity contribution in [3.63, 3.8) is 0 Å². The van der Waals surface area contributed by atoms with E-state index in [2.05, 4.69) is 15.3 Å². The van der Waals surface area contributed by atoms with Gasteiger partial charge in [-0.05, 0) is 51.1 Å². The first-order valence-corrected chi connectivity index (χ1v) is 10.1. The van der Waals surface area contributed by atoms with Gasteiger partial charge in [-0.15, -0.1) is 0 Å². The molecule has 0 bridgehead atoms. The van der Waals surface area contributed by atoms with Crippen LogP contribution in [-0.2, 0) is 15.2 Å². The molecular weight excluding hydrogens is 478 g/mol. The minimum Gasteiger partial charge on any atom is -0.508 e. The van der Waals surface area contributed by atoms with Gasteiger partial charge in [0.2, 0.25) is 5.71 Å². The Labute approximate surface area is 198 Å². The third-order valence-electron chi connectivity index (χ3n) is 3.94. The highest BCUT2D eigenvalue weighted by atomic mass is 35.5. The van der Waals surface area contributed by atoms with Crippen molar-refractivity contribution in [1.82, 2.24) is 5.32 Å². The van der Waals surface area contributed by atoms with E-state index in [-0.39, 0.29) is 45.2 Å². The number of nitrogens with zero attached hydrogens (tertiary/aromatic N) is 2. The first-order valence-electron chi connectivity index (χ1n) is 9.37. The zero-order valence-electron chi connectivity index (χ0n) is 17.7. The summed E-state index contributed by atoms with van der Waals surface area (Å²) in [6, 6.07) is 8.26. The molecule has 0 aromatic heterocycles. The van der Waals surface area contributed by atoms with Crippen LogP contribution in [0.15, 0.2) is 35.4 Å². The number of hydrogen-bond acceptors (Lipinski definition) is 8. The molecule has 0 spiro atoms. The molecule has 33 heavy (non-hydrogen) atoms. The maximum atomic E-state index is 14.3. The van der Waals surface area contributed by atoms with Crippen molar-refractivity contribution in [2.45, 2.75) is 26.4 Å². The molecule has 0 saturated heterocycles. The summed E-state index contributed by atoms with van der Waals surface area (Å²) in [4.78, 5) is 23.2. The van der Waals surface area contributed by atoms with Crippen molar-refractivity contribution in [3.05, 3.63) is 45.9 Å². The number of phenols is 1. The van der Waals surface area contributed by atoms with E-state index in [9.17, 15) is 19.1 Å². The molecule has 0 atom stereocenters. The van der Waals surface area contributed by atoms with Crippen molar-refractivity contribution in [2.24, 2.45) is 5.10 Å². The van der Waals surface area contributed by atoms with Crippen LogP contribution < -0.4 is 15.5 Å². The lowest BCUT2D eigenvalue weighted by Crippen LogP contribution is -2.36. The average molecular weight is 497 g/mol. The van der Waals surface area contributed by atoms with Crippen molar-refractivity contribution < 1.29 is 28.6 Å². The Kier molecular flexibility index (Phi) is 8.45. The van der Waals surface area contributed by atoms with Crippen LogP contribution >= 0.6 is 23.2 Å². The van der Waals surface area contributed by atoms with Gasteiger partial charge in [-0.1, -0.05) is 23.2 Å². The number of aromatic hydroxyl groups is 1. The molecule has 0 fully saturated rings. The normalized spacial score (nSPS) is 11.4. The highest BCUT2D eigenvalue weighted by Crippen LogP contribution is 2.41. The van der Waals surface area contributed by atoms with E-state index in [1.807, 2.05) is 5.32 Å². The standard InChI is InChI=1S/C21H19Cl2FN4O5/c1-4-32-20(31)26-19(30)16(10-25)28-27-11-7-14(22)18(15(23)8-11)33-12-5-6-17(29)13(9-12)21(2,3)24/h5-9,27,29H,4H2,1-3H3,(H,26,30,31).